The quantitative estimate of drug-likeness (QED) is 0.494. The van der Waals surface area contributed by atoms with Crippen LogP contribution >= 0.6 is 22.9 Å². The molecule has 4 aromatic rings. The van der Waals surface area contributed by atoms with Crippen molar-refractivity contribution in [1.29, 1.82) is 0 Å². The predicted octanol–water partition coefficient (Wildman–Crippen LogP) is 3.65. The van der Waals surface area contributed by atoms with E-state index in [1.165, 1.54) is 35.1 Å². The fraction of sp³-hybridized carbons (Fsp3) is 0.0952. The largest absolute Gasteiger partial charge is 0.495 e. The highest BCUT2D eigenvalue weighted by molar-refractivity contribution is 7.17. The van der Waals surface area contributed by atoms with Crippen molar-refractivity contribution in [3.05, 3.63) is 85.6 Å². The maximum absolute atomic E-state index is 13.3. The summed E-state index contributed by atoms with van der Waals surface area (Å²) in [5, 5.41) is 4.11. The summed E-state index contributed by atoms with van der Waals surface area (Å²) in [5.41, 5.74) is -0.286. The summed E-state index contributed by atoms with van der Waals surface area (Å²) in [4.78, 5) is 38.9. The van der Waals surface area contributed by atoms with Crippen LogP contribution in [-0.2, 0) is 11.3 Å². The number of anilines is 1. The zero-order chi connectivity index (χ0) is 22.1. The van der Waals surface area contributed by atoms with E-state index in [9.17, 15) is 18.8 Å². The van der Waals surface area contributed by atoms with E-state index < -0.39 is 23.0 Å². The normalized spacial score (nSPS) is 10.9. The molecule has 2 aromatic carbocycles. The van der Waals surface area contributed by atoms with Crippen LogP contribution in [0.3, 0.4) is 0 Å². The molecular weight excluding hydrogens is 445 g/mol. The van der Waals surface area contributed by atoms with Gasteiger partial charge in [0.15, 0.2) is 0 Å². The third-order valence-electron chi connectivity index (χ3n) is 4.59. The number of fused-ring (bicyclic) bond motifs is 1. The topological polar surface area (TPSA) is 82.3 Å². The molecule has 31 heavy (non-hydrogen) atoms. The summed E-state index contributed by atoms with van der Waals surface area (Å²) in [6.45, 7) is -0.365. The standard InChI is InChI=1S/C21H15ClFN3O4S/c1-30-17-5-3-2-4-15(17)26-20(28)19-16(8-9-31-19)25(21(26)29)11-18(27)24-12-6-7-14(23)13(22)10-12/h2-10H,11H2,1H3,(H,24,27). The first-order valence-electron chi connectivity index (χ1n) is 9.02. The van der Waals surface area contributed by atoms with Crippen molar-refractivity contribution in [2.24, 2.45) is 0 Å². The number of rotatable bonds is 5. The molecule has 0 saturated carbocycles. The van der Waals surface area contributed by atoms with Crippen LogP contribution in [0, 0.1) is 5.82 Å². The van der Waals surface area contributed by atoms with Gasteiger partial charge < -0.3 is 10.1 Å². The number of nitrogens with one attached hydrogen (secondary N) is 1. The van der Waals surface area contributed by atoms with Crippen molar-refractivity contribution < 1.29 is 13.9 Å². The van der Waals surface area contributed by atoms with E-state index in [0.29, 0.717) is 16.0 Å². The van der Waals surface area contributed by atoms with Gasteiger partial charge in [-0.15, -0.1) is 11.3 Å². The molecule has 158 valence electrons. The van der Waals surface area contributed by atoms with Gasteiger partial charge in [-0.2, -0.15) is 0 Å². The highest BCUT2D eigenvalue weighted by Crippen LogP contribution is 2.22. The van der Waals surface area contributed by atoms with Crippen LogP contribution < -0.4 is 21.3 Å². The summed E-state index contributed by atoms with van der Waals surface area (Å²) in [6.07, 6.45) is 0. The number of benzene rings is 2. The number of methoxy groups -OCH3 is 1. The van der Waals surface area contributed by atoms with Gasteiger partial charge in [0, 0.05) is 5.69 Å². The minimum absolute atomic E-state index is 0.139. The minimum atomic E-state index is -0.687. The van der Waals surface area contributed by atoms with Gasteiger partial charge in [0.05, 0.1) is 23.3 Å². The Balaban J connectivity index is 1.80. The molecule has 4 rings (SSSR count). The van der Waals surface area contributed by atoms with Crippen LogP contribution in [0.1, 0.15) is 0 Å². The summed E-state index contributed by atoms with van der Waals surface area (Å²) in [6, 6.07) is 12.0. The molecule has 2 aromatic heterocycles. The van der Waals surface area contributed by atoms with Gasteiger partial charge in [-0.05, 0) is 41.8 Å². The number of thiophene rings is 1. The molecule has 1 N–H and O–H groups in total. The molecule has 0 fully saturated rings. The van der Waals surface area contributed by atoms with Gasteiger partial charge in [-0.25, -0.2) is 13.8 Å². The van der Waals surface area contributed by atoms with Crippen molar-refractivity contribution >= 4 is 44.7 Å². The Kier molecular flexibility index (Phi) is 5.62. The fourth-order valence-corrected chi connectivity index (χ4v) is 4.19. The van der Waals surface area contributed by atoms with Crippen molar-refractivity contribution in [3.63, 3.8) is 0 Å². The number of ether oxygens (including phenoxy) is 1. The molecule has 0 aliphatic heterocycles. The van der Waals surface area contributed by atoms with Gasteiger partial charge in [-0.1, -0.05) is 23.7 Å². The van der Waals surface area contributed by atoms with E-state index in [1.54, 1.807) is 35.7 Å². The van der Waals surface area contributed by atoms with E-state index >= 15 is 0 Å². The predicted molar refractivity (Wildman–Crippen MR) is 118 cm³/mol. The van der Waals surface area contributed by atoms with Crippen LogP contribution in [0.5, 0.6) is 5.75 Å². The SMILES string of the molecule is COc1ccccc1-n1c(=O)c2sccc2n(CC(=O)Nc2ccc(F)c(Cl)c2)c1=O. The van der Waals surface area contributed by atoms with E-state index in [-0.39, 0.29) is 22.9 Å². The third kappa shape index (κ3) is 3.85. The number of carbonyl (C=O) groups is 1. The van der Waals surface area contributed by atoms with Crippen LogP contribution in [0.25, 0.3) is 15.9 Å². The second kappa shape index (κ2) is 8.37. The Hall–Kier alpha value is -3.43. The van der Waals surface area contributed by atoms with Crippen molar-refractivity contribution in [2.45, 2.75) is 6.54 Å². The second-order valence-electron chi connectivity index (χ2n) is 6.49. The van der Waals surface area contributed by atoms with Gasteiger partial charge >= 0.3 is 5.69 Å². The lowest BCUT2D eigenvalue weighted by Crippen LogP contribution is -2.40. The number of halogens is 2. The van der Waals surface area contributed by atoms with Crippen LogP contribution in [0.4, 0.5) is 10.1 Å². The Bertz CT molecular complexity index is 1430. The Morgan fingerprint density at radius 3 is 2.71 bits per heavy atom. The Labute approximate surface area is 183 Å². The number of aromatic nitrogens is 2. The lowest BCUT2D eigenvalue weighted by Gasteiger charge is -2.14. The van der Waals surface area contributed by atoms with Gasteiger partial charge in [0.25, 0.3) is 5.56 Å². The van der Waals surface area contributed by atoms with E-state index in [2.05, 4.69) is 5.32 Å². The number of nitrogens with zero attached hydrogens (tertiary/aromatic N) is 2. The van der Waals surface area contributed by atoms with Gasteiger partial charge in [0.2, 0.25) is 5.91 Å². The third-order valence-corrected chi connectivity index (χ3v) is 5.77. The first-order chi connectivity index (χ1) is 14.9. The smallest absolute Gasteiger partial charge is 0.336 e. The summed E-state index contributed by atoms with van der Waals surface area (Å²) < 4.78 is 21.2. The van der Waals surface area contributed by atoms with Gasteiger partial charge in [-0.3, -0.25) is 14.2 Å². The van der Waals surface area contributed by atoms with E-state index in [1.807, 2.05) is 0 Å². The van der Waals surface area contributed by atoms with Crippen LogP contribution in [-0.4, -0.2) is 22.2 Å². The minimum Gasteiger partial charge on any atom is -0.495 e. The first-order valence-corrected chi connectivity index (χ1v) is 10.3. The Morgan fingerprint density at radius 1 is 1.19 bits per heavy atom. The molecular formula is C21H15ClFN3O4S. The summed E-state index contributed by atoms with van der Waals surface area (Å²) in [5.74, 6) is -0.809. The number of amides is 1. The number of para-hydroxylation sites is 2. The molecule has 7 nitrogen and oxygen atoms in total. The molecule has 0 radical (unpaired) electrons. The number of hydrogen-bond acceptors (Lipinski definition) is 5. The molecule has 10 heteroatoms. The van der Waals surface area contributed by atoms with Crippen LogP contribution in [0.2, 0.25) is 5.02 Å². The lowest BCUT2D eigenvalue weighted by molar-refractivity contribution is -0.116. The number of carbonyl (C=O) groups excluding carboxylic acids is 1. The molecule has 0 bridgehead atoms. The fourth-order valence-electron chi connectivity index (χ4n) is 3.19. The maximum atomic E-state index is 13.3. The molecule has 0 unspecified atom stereocenters. The molecule has 2 heterocycles. The van der Waals surface area contributed by atoms with E-state index in [0.717, 1.165) is 10.6 Å². The highest BCUT2D eigenvalue weighted by Gasteiger charge is 2.19. The van der Waals surface area contributed by atoms with Crippen molar-refractivity contribution in [3.8, 4) is 11.4 Å². The van der Waals surface area contributed by atoms with Crippen LogP contribution in [0.15, 0.2) is 63.5 Å². The van der Waals surface area contributed by atoms with Crippen molar-refractivity contribution in [2.75, 3.05) is 12.4 Å². The average Bonchev–Trinajstić information content (AvgIpc) is 3.24. The van der Waals surface area contributed by atoms with E-state index in [4.69, 9.17) is 16.3 Å². The van der Waals surface area contributed by atoms with Gasteiger partial charge in [0.1, 0.15) is 22.8 Å². The summed E-state index contributed by atoms with van der Waals surface area (Å²) >= 11 is 6.92. The van der Waals surface area contributed by atoms with Crippen molar-refractivity contribution in [1.82, 2.24) is 9.13 Å². The lowest BCUT2D eigenvalue weighted by atomic mass is 10.3. The number of hydrogen-bond donors (Lipinski definition) is 1. The molecule has 1 amide bonds. The molecule has 0 aliphatic rings. The average molecular weight is 460 g/mol. The first kappa shape index (κ1) is 20.8. The second-order valence-corrected chi connectivity index (χ2v) is 7.82. The molecule has 0 atom stereocenters. The molecule has 0 aliphatic carbocycles. The maximum Gasteiger partial charge on any atom is 0.336 e. The zero-order valence-corrected chi connectivity index (χ0v) is 17.7. The Morgan fingerprint density at radius 2 is 1.97 bits per heavy atom. The summed E-state index contributed by atoms with van der Waals surface area (Å²) in [7, 11) is 1.44. The molecule has 0 saturated heterocycles. The highest BCUT2D eigenvalue weighted by atomic mass is 35.5. The monoisotopic (exact) mass is 459 g/mol. The molecule has 0 spiro atoms. The zero-order valence-electron chi connectivity index (χ0n) is 16.1.